The Kier molecular flexibility index (Phi) is 4.32. The number of carbonyl (C=O) groups excluding carboxylic acids is 3. The number of likely N-dealkylation sites (N-methyl/N-ethyl adjacent to an activating group) is 1. The number of hydrogen-bond acceptors (Lipinski definition) is 5. The van der Waals surface area contributed by atoms with Gasteiger partial charge in [0.25, 0.3) is 11.8 Å². The van der Waals surface area contributed by atoms with Crippen LogP contribution in [0.1, 0.15) is 37.2 Å². The maximum absolute atomic E-state index is 12.9. The first-order valence-corrected chi connectivity index (χ1v) is 9.52. The minimum atomic E-state index is -0.840. The molecule has 0 bridgehead atoms. The van der Waals surface area contributed by atoms with Gasteiger partial charge in [0, 0.05) is 45.3 Å². The lowest BCUT2D eigenvalue weighted by atomic mass is 9.85. The lowest BCUT2D eigenvalue weighted by Crippen LogP contribution is -2.58. The fraction of sp³-hybridized carbons (Fsp3) is 0.526. The van der Waals surface area contributed by atoms with Gasteiger partial charge < -0.3 is 9.80 Å². The largest absolute Gasteiger partial charge is 0.337 e. The number of amides is 4. The number of hydrogen-bond donors (Lipinski definition) is 0. The second-order valence-electron chi connectivity index (χ2n) is 7.93. The van der Waals surface area contributed by atoms with Crippen molar-refractivity contribution in [1.29, 1.82) is 0 Å². The number of imidazole rings is 1. The molecule has 2 aliphatic rings. The van der Waals surface area contributed by atoms with E-state index in [0.717, 1.165) is 0 Å². The van der Waals surface area contributed by atoms with Crippen molar-refractivity contribution in [2.24, 2.45) is 5.92 Å². The average Bonchev–Trinajstić information content (AvgIpc) is 3.19. The predicted molar refractivity (Wildman–Crippen MR) is 101 cm³/mol. The summed E-state index contributed by atoms with van der Waals surface area (Å²) in [6, 6.07) is 1.53. The number of urea groups is 1. The molecule has 2 saturated heterocycles. The highest BCUT2D eigenvalue weighted by atomic mass is 16.2. The van der Waals surface area contributed by atoms with Crippen molar-refractivity contribution < 1.29 is 14.4 Å². The molecule has 1 spiro atoms. The lowest BCUT2D eigenvalue weighted by molar-refractivity contribution is -0.134. The van der Waals surface area contributed by atoms with Gasteiger partial charge in [-0.2, -0.15) is 0 Å². The van der Waals surface area contributed by atoms with Gasteiger partial charge in [-0.25, -0.2) is 14.8 Å². The number of aromatic nitrogens is 3. The van der Waals surface area contributed by atoms with Crippen LogP contribution in [0.2, 0.25) is 0 Å². The Balaban J connectivity index is 1.53. The summed E-state index contributed by atoms with van der Waals surface area (Å²) >= 11 is 0. The molecule has 4 heterocycles. The van der Waals surface area contributed by atoms with E-state index in [-0.39, 0.29) is 23.8 Å². The van der Waals surface area contributed by atoms with Gasteiger partial charge in [-0.3, -0.25) is 18.9 Å². The lowest BCUT2D eigenvalue weighted by Gasteiger charge is -2.42. The van der Waals surface area contributed by atoms with Crippen molar-refractivity contribution in [1.82, 2.24) is 29.1 Å². The Hall–Kier alpha value is -2.97. The highest BCUT2D eigenvalue weighted by molar-refractivity contribution is 6.07. The SMILES string of the molecule is CC(C)CN1C(=O)N(C)C(=O)C12CCN(C(=O)c1cn3cccnc3n1)CC2. The molecule has 9 nitrogen and oxygen atoms in total. The molecule has 0 radical (unpaired) electrons. The van der Waals surface area contributed by atoms with Crippen molar-refractivity contribution in [3.63, 3.8) is 0 Å². The first-order chi connectivity index (χ1) is 13.3. The highest BCUT2D eigenvalue weighted by Gasteiger charge is 2.57. The first-order valence-electron chi connectivity index (χ1n) is 9.52. The van der Waals surface area contributed by atoms with Crippen LogP contribution in [0.3, 0.4) is 0 Å². The third kappa shape index (κ3) is 2.73. The van der Waals surface area contributed by atoms with Crippen LogP contribution < -0.4 is 0 Å². The minimum absolute atomic E-state index is 0.165. The third-order valence-electron chi connectivity index (χ3n) is 5.62. The molecule has 2 aromatic heterocycles. The van der Waals surface area contributed by atoms with Gasteiger partial charge in [0.1, 0.15) is 11.2 Å². The normalized spacial score (nSPS) is 19.5. The monoisotopic (exact) mass is 384 g/mol. The number of carbonyl (C=O) groups is 3. The Morgan fingerprint density at radius 2 is 1.96 bits per heavy atom. The van der Waals surface area contributed by atoms with Gasteiger partial charge in [-0.1, -0.05) is 13.8 Å². The maximum Gasteiger partial charge on any atom is 0.327 e. The van der Waals surface area contributed by atoms with E-state index in [2.05, 4.69) is 9.97 Å². The molecule has 148 valence electrons. The Morgan fingerprint density at radius 1 is 1.25 bits per heavy atom. The molecule has 0 aromatic carbocycles. The summed E-state index contributed by atoms with van der Waals surface area (Å²) in [4.78, 5) is 51.4. The second-order valence-corrected chi connectivity index (χ2v) is 7.93. The molecule has 0 unspecified atom stereocenters. The molecule has 0 atom stereocenters. The van der Waals surface area contributed by atoms with E-state index in [0.29, 0.717) is 43.9 Å². The van der Waals surface area contributed by atoms with Gasteiger partial charge in [-0.15, -0.1) is 0 Å². The second kappa shape index (κ2) is 6.57. The number of imide groups is 1. The third-order valence-corrected chi connectivity index (χ3v) is 5.62. The van der Waals surface area contributed by atoms with Crippen molar-refractivity contribution >= 4 is 23.6 Å². The van der Waals surface area contributed by atoms with Gasteiger partial charge in [0.2, 0.25) is 5.78 Å². The summed E-state index contributed by atoms with van der Waals surface area (Å²) in [5, 5.41) is 0. The van der Waals surface area contributed by atoms with Crippen LogP contribution in [0, 0.1) is 5.92 Å². The summed E-state index contributed by atoms with van der Waals surface area (Å²) in [5.41, 5.74) is -0.507. The van der Waals surface area contributed by atoms with E-state index in [1.54, 1.807) is 38.9 Å². The van der Waals surface area contributed by atoms with Crippen LogP contribution in [-0.4, -0.2) is 79.1 Å². The van der Waals surface area contributed by atoms with Crippen LogP contribution in [0.4, 0.5) is 4.79 Å². The highest BCUT2D eigenvalue weighted by Crippen LogP contribution is 2.37. The van der Waals surface area contributed by atoms with Crippen molar-refractivity contribution in [2.75, 3.05) is 26.7 Å². The molecule has 28 heavy (non-hydrogen) atoms. The number of nitrogens with zero attached hydrogens (tertiary/aromatic N) is 6. The fourth-order valence-corrected chi connectivity index (χ4v) is 4.16. The Bertz CT molecular complexity index is 911. The molecule has 9 heteroatoms. The van der Waals surface area contributed by atoms with Crippen LogP contribution in [0.25, 0.3) is 5.78 Å². The van der Waals surface area contributed by atoms with Gasteiger partial charge >= 0.3 is 6.03 Å². The van der Waals surface area contributed by atoms with Crippen molar-refractivity contribution in [3.8, 4) is 0 Å². The molecular weight excluding hydrogens is 360 g/mol. The molecule has 4 amide bonds. The van der Waals surface area contributed by atoms with E-state index < -0.39 is 5.54 Å². The molecule has 4 rings (SSSR count). The van der Waals surface area contributed by atoms with Gasteiger partial charge in [0.15, 0.2) is 0 Å². The zero-order valence-electron chi connectivity index (χ0n) is 16.3. The summed E-state index contributed by atoms with van der Waals surface area (Å²) < 4.78 is 1.71. The van der Waals surface area contributed by atoms with Crippen LogP contribution >= 0.6 is 0 Å². The molecule has 0 N–H and O–H groups in total. The summed E-state index contributed by atoms with van der Waals surface area (Å²) in [7, 11) is 1.54. The van der Waals surface area contributed by atoms with Crippen LogP contribution in [-0.2, 0) is 4.79 Å². The van der Waals surface area contributed by atoms with Crippen LogP contribution in [0.15, 0.2) is 24.7 Å². The minimum Gasteiger partial charge on any atom is -0.337 e. The van der Waals surface area contributed by atoms with E-state index in [1.165, 1.54) is 11.9 Å². The molecule has 2 fully saturated rings. The van der Waals surface area contributed by atoms with Crippen molar-refractivity contribution in [2.45, 2.75) is 32.2 Å². The fourth-order valence-electron chi connectivity index (χ4n) is 4.16. The Labute approximate surface area is 162 Å². The number of piperidine rings is 1. The van der Waals surface area contributed by atoms with Crippen LogP contribution in [0.5, 0.6) is 0 Å². The summed E-state index contributed by atoms with van der Waals surface area (Å²) in [5.74, 6) is 0.383. The zero-order chi connectivity index (χ0) is 20.1. The summed E-state index contributed by atoms with van der Waals surface area (Å²) in [6.45, 7) is 5.39. The molecule has 0 saturated carbocycles. The maximum atomic E-state index is 12.9. The van der Waals surface area contributed by atoms with E-state index in [9.17, 15) is 14.4 Å². The smallest absolute Gasteiger partial charge is 0.327 e. The predicted octanol–water partition coefficient (Wildman–Crippen LogP) is 1.25. The molecule has 2 aliphatic heterocycles. The molecule has 0 aliphatic carbocycles. The first kappa shape index (κ1) is 18.4. The Morgan fingerprint density at radius 3 is 2.61 bits per heavy atom. The standard InChI is InChI=1S/C19H24N6O3/c1-13(2)11-25-18(28)22(3)16(27)19(25)5-9-23(10-6-19)15(26)14-12-24-8-4-7-20-17(24)21-14/h4,7-8,12-13H,5-6,9-11H2,1-3H3. The van der Waals surface area contributed by atoms with E-state index >= 15 is 0 Å². The molecular formula is C19H24N6O3. The van der Waals surface area contributed by atoms with Gasteiger partial charge in [-0.05, 0) is 24.8 Å². The van der Waals surface area contributed by atoms with Gasteiger partial charge in [0.05, 0.1) is 0 Å². The quantitative estimate of drug-likeness (QED) is 0.743. The number of fused-ring (bicyclic) bond motifs is 1. The van der Waals surface area contributed by atoms with E-state index in [4.69, 9.17) is 0 Å². The zero-order valence-corrected chi connectivity index (χ0v) is 16.3. The number of likely N-dealkylation sites (tertiary alicyclic amines) is 1. The average molecular weight is 384 g/mol. The number of rotatable bonds is 3. The topological polar surface area (TPSA) is 91.1 Å². The van der Waals surface area contributed by atoms with E-state index in [1.807, 2.05) is 13.8 Å². The summed E-state index contributed by atoms with van der Waals surface area (Å²) in [6.07, 6.45) is 5.96. The molecule has 2 aromatic rings. The van der Waals surface area contributed by atoms with Crippen molar-refractivity contribution in [3.05, 3.63) is 30.4 Å².